The first-order valence-electron chi connectivity index (χ1n) is 10.3. The number of aliphatic imine (C=N–C) groups is 1. The first kappa shape index (κ1) is 28.1. The third kappa shape index (κ3) is 14.0. The summed E-state index contributed by atoms with van der Waals surface area (Å²) in [5, 5.41) is 6.81. The van der Waals surface area contributed by atoms with Crippen molar-refractivity contribution in [2.24, 2.45) is 4.99 Å². The second kappa shape index (κ2) is 17.0. The molecular weight excluding hydrogens is 437 g/mol. The second-order valence-electron chi connectivity index (χ2n) is 7.75. The van der Waals surface area contributed by atoms with Crippen LogP contribution in [0.15, 0.2) is 4.99 Å². The lowest BCUT2D eigenvalue weighted by Crippen LogP contribution is -2.39. The molecule has 0 aliphatic carbocycles. The Morgan fingerprint density at radius 1 is 0.846 bits per heavy atom. The van der Waals surface area contributed by atoms with Gasteiger partial charge < -0.3 is 15.5 Å². The van der Waals surface area contributed by atoms with Crippen LogP contribution in [0.1, 0.15) is 67.7 Å². The van der Waals surface area contributed by atoms with Gasteiger partial charge in [0.25, 0.3) is 0 Å². The summed E-state index contributed by atoms with van der Waals surface area (Å²) in [5.41, 5.74) is 0. The molecule has 158 valence electrons. The summed E-state index contributed by atoms with van der Waals surface area (Å²) < 4.78 is 0. The molecule has 0 aromatic carbocycles. The SMILES string of the molecule is CCNC(=NCCCN(C(C)C)C(C)C)NCCCCN(C)C(C)C.I. The van der Waals surface area contributed by atoms with Crippen molar-refractivity contribution < 1.29 is 0 Å². The summed E-state index contributed by atoms with van der Waals surface area (Å²) in [6, 6.07) is 1.82. The highest BCUT2D eigenvalue weighted by Crippen LogP contribution is 2.05. The topological polar surface area (TPSA) is 42.9 Å². The highest BCUT2D eigenvalue weighted by atomic mass is 127. The molecule has 6 heteroatoms. The molecule has 5 nitrogen and oxygen atoms in total. The van der Waals surface area contributed by atoms with E-state index in [4.69, 9.17) is 4.99 Å². The van der Waals surface area contributed by atoms with Gasteiger partial charge in [0.05, 0.1) is 0 Å². The van der Waals surface area contributed by atoms with Crippen LogP contribution in [-0.2, 0) is 0 Å². The average Bonchev–Trinajstić information content (AvgIpc) is 2.52. The van der Waals surface area contributed by atoms with E-state index >= 15 is 0 Å². The zero-order chi connectivity index (χ0) is 19.2. The fourth-order valence-electron chi connectivity index (χ4n) is 2.85. The first-order valence-corrected chi connectivity index (χ1v) is 10.3. The Kier molecular flexibility index (Phi) is 18.4. The molecule has 0 aromatic rings. The monoisotopic (exact) mass is 483 g/mol. The van der Waals surface area contributed by atoms with Crippen LogP contribution >= 0.6 is 24.0 Å². The van der Waals surface area contributed by atoms with Crippen LogP contribution in [0.4, 0.5) is 0 Å². The van der Waals surface area contributed by atoms with Gasteiger partial charge in [-0.3, -0.25) is 9.89 Å². The molecule has 0 spiro atoms. The maximum Gasteiger partial charge on any atom is 0.191 e. The van der Waals surface area contributed by atoms with E-state index in [0.717, 1.165) is 45.1 Å². The van der Waals surface area contributed by atoms with Crippen LogP contribution in [0, 0.1) is 0 Å². The van der Waals surface area contributed by atoms with Crippen molar-refractivity contribution in [1.29, 1.82) is 0 Å². The Labute approximate surface area is 180 Å². The Balaban J connectivity index is 0. The second-order valence-corrected chi connectivity index (χ2v) is 7.75. The molecule has 0 fully saturated rings. The van der Waals surface area contributed by atoms with Crippen LogP contribution < -0.4 is 10.6 Å². The van der Waals surface area contributed by atoms with Crippen molar-refractivity contribution in [3.05, 3.63) is 0 Å². The normalized spacial score (nSPS) is 12.4. The first-order chi connectivity index (χ1) is 11.8. The average molecular weight is 484 g/mol. The quantitative estimate of drug-likeness (QED) is 0.181. The molecule has 0 aromatic heterocycles. The van der Waals surface area contributed by atoms with E-state index < -0.39 is 0 Å². The third-order valence-corrected chi connectivity index (χ3v) is 4.63. The van der Waals surface area contributed by atoms with E-state index in [2.05, 4.69) is 75.9 Å². The van der Waals surface area contributed by atoms with Crippen molar-refractivity contribution in [2.75, 3.05) is 39.8 Å². The summed E-state index contributed by atoms with van der Waals surface area (Å²) in [7, 11) is 2.20. The summed E-state index contributed by atoms with van der Waals surface area (Å²) in [5.74, 6) is 0.959. The Morgan fingerprint density at radius 2 is 1.46 bits per heavy atom. The molecular formula is C20H46IN5. The molecule has 0 atom stereocenters. The number of halogens is 1. The largest absolute Gasteiger partial charge is 0.357 e. The summed E-state index contributed by atoms with van der Waals surface area (Å²) >= 11 is 0. The molecule has 0 aliphatic rings. The van der Waals surface area contributed by atoms with Gasteiger partial charge in [0.2, 0.25) is 0 Å². The van der Waals surface area contributed by atoms with E-state index in [1.807, 2.05) is 0 Å². The van der Waals surface area contributed by atoms with Gasteiger partial charge >= 0.3 is 0 Å². The van der Waals surface area contributed by atoms with Crippen LogP contribution in [0.25, 0.3) is 0 Å². The highest BCUT2D eigenvalue weighted by molar-refractivity contribution is 14.0. The van der Waals surface area contributed by atoms with Gasteiger partial charge in [-0.15, -0.1) is 24.0 Å². The minimum Gasteiger partial charge on any atom is -0.357 e. The van der Waals surface area contributed by atoms with Crippen molar-refractivity contribution in [3.8, 4) is 0 Å². The molecule has 0 heterocycles. The number of guanidine groups is 1. The highest BCUT2D eigenvalue weighted by Gasteiger charge is 2.12. The number of nitrogens with zero attached hydrogens (tertiary/aromatic N) is 3. The van der Waals surface area contributed by atoms with Gasteiger partial charge in [0.15, 0.2) is 5.96 Å². The molecule has 2 N–H and O–H groups in total. The maximum atomic E-state index is 4.72. The van der Waals surface area contributed by atoms with Crippen molar-refractivity contribution in [3.63, 3.8) is 0 Å². The zero-order valence-electron chi connectivity index (χ0n) is 18.6. The molecule has 0 radical (unpaired) electrons. The number of nitrogens with one attached hydrogen (secondary N) is 2. The van der Waals surface area contributed by atoms with Gasteiger partial charge in [-0.1, -0.05) is 0 Å². The van der Waals surface area contributed by atoms with Crippen LogP contribution in [0.3, 0.4) is 0 Å². The Hall–Kier alpha value is -0.0800. The van der Waals surface area contributed by atoms with Gasteiger partial charge in [-0.2, -0.15) is 0 Å². The maximum absolute atomic E-state index is 4.72. The van der Waals surface area contributed by atoms with Gasteiger partial charge in [0.1, 0.15) is 0 Å². The third-order valence-electron chi connectivity index (χ3n) is 4.63. The fraction of sp³-hybridized carbons (Fsp3) is 0.950. The number of rotatable bonds is 13. The summed E-state index contributed by atoms with van der Waals surface area (Å²) in [6.07, 6.45) is 3.50. The minimum absolute atomic E-state index is 0. The smallest absolute Gasteiger partial charge is 0.191 e. The lowest BCUT2D eigenvalue weighted by atomic mass is 10.2. The fourth-order valence-corrected chi connectivity index (χ4v) is 2.85. The lowest BCUT2D eigenvalue weighted by Gasteiger charge is -2.30. The van der Waals surface area contributed by atoms with Crippen LogP contribution in [0.5, 0.6) is 0 Å². The van der Waals surface area contributed by atoms with Crippen molar-refractivity contribution in [2.45, 2.75) is 85.9 Å². The molecule has 0 amide bonds. The predicted octanol–water partition coefficient (Wildman–Crippen LogP) is 3.79. The van der Waals surface area contributed by atoms with Gasteiger partial charge in [-0.25, -0.2) is 0 Å². The Bertz CT molecular complexity index is 337. The standard InChI is InChI=1S/C20H45N5.HI/c1-9-21-20(22-13-10-11-15-24(8)17(2)3)23-14-12-16-25(18(4)5)19(6)7;/h17-19H,9-16H2,1-8H3,(H2,21,22,23);1H. The van der Waals surface area contributed by atoms with Crippen LogP contribution in [0.2, 0.25) is 0 Å². The summed E-state index contributed by atoms with van der Waals surface area (Å²) in [6.45, 7) is 20.7. The zero-order valence-corrected chi connectivity index (χ0v) is 21.0. The van der Waals surface area contributed by atoms with Crippen molar-refractivity contribution in [1.82, 2.24) is 20.4 Å². The predicted molar refractivity (Wildman–Crippen MR) is 128 cm³/mol. The molecule has 0 unspecified atom stereocenters. The molecule has 0 bridgehead atoms. The lowest BCUT2D eigenvalue weighted by molar-refractivity contribution is 0.174. The van der Waals surface area contributed by atoms with Crippen molar-refractivity contribution >= 4 is 29.9 Å². The van der Waals surface area contributed by atoms with E-state index in [-0.39, 0.29) is 24.0 Å². The molecule has 0 saturated carbocycles. The van der Waals surface area contributed by atoms with Gasteiger partial charge in [0, 0.05) is 44.3 Å². The molecule has 26 heavy (non-hydrogen) atoms. The number of hydrogen-bond acceptors (Lipinski definition) is 3. The summed E-state index contributed by atoms with van der Waals surface area (Å²) in [4.78, 5) is 9.65. The van der Waals surface area contributed by atoms with Gasteiger partial charge in [-0.05, 0) is 81.3 Å². The molecule has 0 aliphatic heterocycles. The Morgan fingerprint density at radius 3 is 1.96 bits per heavy atom. The van der Waals surface area contributed by atoms with E-state index in [1.54, 1.807) is 0 Å². The number of hydrogen-bond donors (Lipinski definition) is 2. The van der Waals surface area contributed by atoms with E-state index in [9.17, 15) is 0 Å². The molecule has 0 rings (SSSR count). The van der Waals surface area contributed by atoms with E-state index in [0.29, 0.717) is 18.1 Å². The van der Waals surface area contributed by atoms with E-state index in [1.165, 1.54) is 12.8 Å². The molecule has 0 saturated heterocycles. The number of unbranched alkanes of at least 4 members (excludes halogenated alkanes) is 1. The minimum atomic E-state index is 0. The van der Waals surface area contributed by atoms with Crippen LogP contribution in [-0.4, -0.2) is 73.7 Å².